The number of halogens is 1. The number of piperidine rings is 1. The molecule has 1 aliphatic heterocycles. The molecule has 0 spiro atoms. The van der Waals surface area contributed by atoms with Crippen LogP contribution in [0.4, 0.5) is 0 Å². The molecular weight excluding hydrogens is 262 g/mol. The number of pyridine rings is 1. The van der Waals surface area contributed by atoms with E-state index in [1.807, 2.05) is 6.92 Å². The maximum Gasteiger partial charge on any atom is 0.254 e. The lowest BCUT2D eigenvalue weighted by Crippen LogP contribution is -2.38. The molecular formula is C14H16ClN3O. The summed E-state index contributed by atoms with van der Waals surface area (Å²) in [6.45, 7) is 3.25. The van der Waals surface area contributed by atoms with Crippen molar-refractivity contribution in [2.75, 3.05) is 13.1 Å². The molecule has 19 heavy (non-hydrogen) atoms. The number of nitriles is 1. The topological polar surface area (TPSA) is 57.0 Å². The summed E-state index contributed by atoms with van der Waals surface area (Å²) in [6, 6.07) is 5.67. The van der Waals surface area contributed by atoms with E-state index in [1.54, 1.807) is 17.0 Å². The van der Waals surface area contributed by atoms with Gasteiger partial charge >= 0.3 is 0 Å². The Hall–Kier alpha value is -1.60. The first-order valence-electron chi connectivity index (χ1n) is 6.49. The van der Waals surface area contributed by atoms with Gasteiger partial charge in [-0.15, -0.1) is 0 Å². The van der Waals surface area contributed by atoms with Crippen LogP contribution in [-0.2, 0) is 6.42 Å². The molecule has 1 amide bonds. The largest absolute Gasteiger partial charge is 0.339 e. The van der Waals surface area contributed by atoms with Gasteiger partial charge in [0.15, 0.2) is 0 Å². The first kappa shape index (κ1) is 13.8. The fourth-order valence-electron chi connectivity index (χ4n) is 2.25. The van der Waals surface area contributed by atoms with Crippen molar-refractivity contribution in [3.8, 4) is 6.07 Å². The molecule has 1 aromatic heterocycles. The fraction of sp³-hybridized carbons (Fsp3) is 0.500. The normalized spacial score (nSPS) is 16.2. The molecule has 0 unspecified atom stereocenters. The minimum absolute atomic E-state index is 0.0182. The Bertz CT molecular complexity index is 516. The molecule has 0 aromatic carbocycles. The second-order valence-corrected chi connectivity index (χ2v) is 5.11. The highest BCUT2D eigenvalue weighted by atomic mass is 35.5. The maximum atomic E-state index is 12.4. The number of nitrogens with zero attached hydrogens (tertiary/aromatic N) is 3. The molecule has 1 aromatic rings. The third-order valence-corrected chi connectivity index (χ3v) is 3.61. The van der Waals surface area contributed by atoms with Crippen molar-refractivity contribution < 1.29 is 4.79 Å². The van der Waals surface area contributed by atoms with E-state index in [0.29, 0.717) is 23.8 Å². The van der Waals surface area contributed by atoms with E-state index >= 15 is 0 Å². The predicted octanol–water partition coefficient (Wildman–Crippen LogP) is 2.67. The van der Waals surface area contributed by atoms with Crippen LogP contribution < -0.4 is 0 Å². The average Bonchev–Trinajstić information content (AvgIpc) is 2.46. The molecule has 1 fully saturated rings. The highest BCUT2D eigenvalue weighted by Gasteiger charge is 2.23. The van der Waals surface area contributed by atoms with Crippen molar-refractivity contribution >= 4 is 17.5 Å². The van der Waals surface area contributed by atoms with Crippen LogP contribution in [0.2, 0.25) is 5.15 Å². The quantitative estimate of drug-likeness (QED) is 0.781. The highest BCUT2D eigenvalue weighted by molar-refractivity contribution is 6.29. The Morgan fingerprint density at radius 1 is 1.53 bits per heavy atom. The molecule has 0 atom stereocenters. The number of carbonyl (C=O) groups excluding carboxylic acids is 1. The van der Waals surface area contributed by atoms with Gasteiger partial charge in [0.05, 0.1) is 6.07 Å². The van der Waals surface area contributed by atoms with Gasteiger partial charge in [0.1, 0.15) is 5.15 Å². The first-order chi connectivity index (χ1) is 9.13. The van der Waals surface area contributed by atoms with Gasteiger partial charge in [-0.25, -0.2) is 4.98 Å². The van der Waals surface area contributed by atoms with Gasteiger partial charge in [-0.1, -0.05) is 18.5 Å². The lowest BCUT2D eigenvalue weighted by atomic mass is 9.98. The van der Waals surface area contributed by atoms with Crippen molar-refractivity contribution in [3.05, 3.63) is 28.5 Å². The summed E-state index contributed by atoms with van der Waals surface area (Å²) >= 11 is 5.93. The molecule has 0 saturated carbocycles. The van der Waals surface area contributed by atoms with Gasteiger partial charge in [0, 0.05) is 30.3 Å². The highest BCUT2D eigenvalue weighted by Crippen LogP contribution is 2.19. The van der Waals surface area contributed by atoms with Gasteiger partial charge in [0.2, 0.25) is 0 Å². The van der Waals surface area contributed by atoms with Crippen LogP contribution in [0.15, 0.2) is 12.1 Å². The van der Waals surface area contributed by atoms with E-state index in [9.17, 15) is 4.79 Å². The Morgan fingerprint density at radius 2 is 2.21 bits per heavy atom. The summed E-state index contributed by atoms with van der Waals surface area (Å²) in [6.07, 6.45) is 2.25. The Kier molecular flexibility index (Phi) is 4.39. The molecule has 1 saturated heterocycles. The third kappa shape index (κ3) is 3.24. The van der Waals surface area contributed by atoms with Crippen molar-refractivity contribution in [2.24, 2.45) is 5.92 Å². The van der Waals surface area contributed by atoms with Crippen LogP contribution in [0.1, 0.15) is 35.8 Å². The van der Waals surface area contributed by atoms with E-state index in [1.165, 1.54) is 0 Å². The molecule has 0 radical (unpaired) electrons. The summed E-state index contributed by atoms with van der Waals surface area (Å²) in [5, 5.41) is 9.21. The number of hydrogen-bond donors (Lipinski definition) is 0. The van der Waals surface area contributed by atoms with Crippen molar-refractivity contribution in [1.82, 2.24) is 9.88 Å². The predicted molar refractivity (Wildman–Crippen MR) is 72.9 cm³/mol. The SMILES string of the molecule is CCc1cc(C(=O)N2CCC(C#N)CC2)cc(Cl)n1. The molecule has 0 bridgehead atoms. The number of likely N-dealkylation sites (tertiary alicyclic amines) is 1. The van der Waals surface area contributed by atoms with E-state index in [0.717, 1.165) is 25.0 Å². The van der Waals surface area contributed by atoms with Crippen LogP contribution in [0.3, 0.4) is 0 Å². The Balaban J connectivity index is 2.12. The van der Waals surface area contributed by atoms with Gasteiger partial charge in [-0.05, 0) is 31.4 Å². The molecule has 0 aliphatic carbocycles. The van der Waals surface area contributed by atoms with E-state index < -0.39 is 0 Å². The number of aromatic nitrogens is 1. The van der Waals surface area contributed by atoms with Gasteiger partial charge in [0.25, 0.3) is 5.91 Å². The lowest BCUT2D eigenvalue weighted by molar-refractivity contribution is 0.0707. The standard InChI is InChI=1S/C14H16ClN3O/c1-2-12-7-11(8-13(15)17-12)14(19)18-5-3-10(9-16)4-6-18/h7-8,10H,2-6H2,1H3. The molecule has 2 rings (SSSR count). The van der Waals surface area contributed by atoms with E-state index in [-0.39, 0.29) is 11.8 Å². The summed E-state index contributed by atoms with van der Waals surface area (Å²) in [5.74, 6) is 0.0617. The number of carbonyl (C=O) groups is 1. The number of hydrogen-bond acceptors (Lipinski definition) is 3. The zero-order valence-corrected chi connectivity index (χ0v) is 11.7. The van der Waals surface area contributed by atoms with Crippen LogP contribution in [-0.4, -0.2) is 28.9 Å². The second kappa shape index (κ2) is 6.03. The Labute approximate surface area is 118 Å². The molecule has 4 nitrogen and oxygen atoms in total. The van der Waals surface area contributed by atoms with Gasteiger partial charge in [-0.3, -0.25) is 4.79 Å². The number of aryl methyl sites for hydroxylation is 1. The van der Waals surface area contributed by atoms with Gasteiger partial charge < -0.3 is 4.90 Å². The van der Waals surface area contributed by atoms with Crippen LogP contribution in [0.25, 0.3) is 0 Å². The van der Waals surface area contributed by atoms with E-state index in [4.69, 9.17) is 16.9 Å². The zero-order chi connectivity index (χ0) is 13.8. The summed E-state index contributed by atoms with van der Waals surface area (Å²) in [7, 11) is 0. The third-order valence-electron chi connectivity index (χ3n) is 3.42. The van der Waals surface area contributed by atoms with Gasteiger partial charge in [-0.2, -0.15) is 5.26 Å². The summed E-state index contributed by atoms with van der Waals surface area (Å²) < 4.78 is 0. The maximum absolute atomic E-state index is 12.4. The summed E-state index contributed by atoms with van der Waals surface area (Å²) in [4.78, 5) is 18.3. The van der Waals surface area contributed by atoms with Crippen molar-refractivity contribution in [2.45, 2.75) is 26.2 Å². The molecule has 0 N–H and O–H groups in total. The fourth-order valence-corrected chi connectivity index (χ4v) is 2.48. The van der Waals surface area contributed by atoms with Crippen LogP contribution in [0, 0.1) is 17.2 Å². The van der Waals surface area contributed by atoms with E-state index in [2.05, 4.69) is 11.1 Å². The van der Waals surface area contributed by atoms with Crippen LogP contribution >= 0.6 is 11.6 Å². The monoisotopic (exact) mass is 277 g/mol. The number of amides is 1. The van der Waals surface area contributed by atoms with Crippen molar-refractivity contribution in [3.63, 3.8) is 0 Å². The second-order valence-electron chi connectivity index (χ2n) is 4.72. The summed E-state index contributed by atoms with van der Waals surface area (Å²) in [5.41, 5.74) is 1.41. The lowest BCUT2D eigenvalue weighted by Gasteiger charge is -2.29. The van der Waals surface area contributed by atoms with Crippen molar-refractivity contribution in [1.29, 1.82) is 5.26 Å². The van der Waals surface area contributed by atoms with Crippen LogP contribution in [0.5, 0.6) is 0 Å². The first-order valence-corrected chi connectivity index (χ1v) is 6.87. The molecule has 100 valence electrons. The molecule has 2 heterocycles. The number of rotatable bonds is 2. The minimum Gasteiger partial charge on any atom is -0.339 e. The Morgan fingerprint density at radius 3 is 2.79 bits per heavy atom. The zero-order valence-electron chi connectivity index (χ0n) is 10.9. The minimum atomic E-state index is -0.0182. The molecule has 1 aliphatic rings. The average molecular weight is 278 g/mol. The molecule has 5 heteroatoms. The smallest absolute Gasteiger partial charge is 0.254 e.